The first kappa shape index (κ1) is 29.1. The predicted molar refractivity (Wildman–Crippen MR) is 160 cm³/mol. The molecular weight excluding hydrogens is 514 g/mol. The summed E-state index contributed by atoms with van der Waals surface area (Å²) in [6.07, 6.45) is 3.42. The SMILES string of the molecule is CCCCc1ccc(C#Cc2ccc(CN(C(=O)COCc3ccccc3)c3ccc(O)c(C(=O)O)c3)cc2)cc1. The lowest BCUT2D eigenvalue weighted by Crippen LogP contribution is -2.33. The van der Waals surface area contributed by atoms with Crippen molar-refractivity contribution in [3.8, 4) is 17.6 Å². The summed E-state index contributed by atoms with van der Waals surface area (Å²) in [4.78, 5) is 26.4. The van der Waals surface area contributed by atoms with Gasteiger partial charge < -0.3 is 19.8 Å². The summed E-state index contributed by atoms with van der Waals surface area (Å²) < 4.78 is 5.67. The van der Waals surface area contributed by atoms with Gasteiger partial charge in [-0.15, -0.1) is 0 Å². The van der Waals surface area contributed by atoms with Crippen LogP contribution in [0.1, 0.15) is 57.9 Å². The number of hydrogen-bond acceptors (Lipinski definition) is 4. The minimum atomic E-state index is -1.28. The van der Waals surface area contributed by atoms with Crippen molar-refractivity contribution < 1.29 is 24.5 Å². The summed E-state index contributed by atoms with van der Waals surface area (Å²) in [7, 11) is 0. The van der Waals surface area contributed by atoms with Crippen molar-refractivity contribution in [2.75, 3.05) is 11.5 Å². The minimum absolute atomic E-state index is 0.185. The average Bonchev–Trinajstić information content (AvgIpc) is 2.99. The first-order valence-electron chi connectivity index (χ1n) is 13.6. The zero-order chi connectivity index (χ0) is 29.0. The predicted octanol–water partition coefficient (Wildman–Crippen LogP) is 6.58. The maximum absolute atomic E-state index is 13.3. The zero-order valence-corrected chi connectivity index (χ0v) is 23.0. The van der Waals surface area contributed by atoms with Crippen LogP contribution in [0.2, 0.25) is 0 Å². The van der Waals surface area contributed by atoms with E-state index in [4.69, 9.17) is 4.74 Å². The molecule has 4 aromatic carbocycles. The van der Waals surface area contributed by atoms with Gasteiger partial charge in [0.2, 0.25) is 0 Å². The fourth-order valence-corrected chi connectivity index (χ4v) is 4.25. The Morgan fingerprint density at radius 3 is 2.05 bits per heavy atom. The van der Waals surface area contributed by atoms with Crippen LogP contribution in [0.4, 0.5) is 5.69 Å². The van der Waals surface area contributed by atoms with Crippen LogP contribution in [-0.2, 0) is 29.1 Å². The molecule has 4 rings (SSSR count). The molecular formula is C35H33NO5. The number of rotatable bonds is 11. The van der Waals surface area contributed by atoms with Crippen molar-refractivity contribution >= 4 is 17.6 Å². The van der Waals surface area contributed by atoms with Crippen LogP contribution in [0, 0.1) is 11.8 Å². The largest absolute Gasteiger partial charge is 0.507 e. The summed E-state index contributed by atoms with van der Waals surface area (Å²) in [5.74, 6) is 4.39. The number of carbonyl (C=O) groups is 2. The van der Waals surface area contributed by atoms with Crippen molar-refractivity contribution in [3.05, 3.63) is 130 Å². The van der Waals surface area contributed by atoms with Crippen molar-refractivity contribution in [1.82, 2.24) is 0 Å². The number of aromatic carboxylic acids is 1. The second-order valence-electron chi connectivity index (χ2n) is 9.71. The number of carbonyl (C=O) groups excluding carboxylic acids is 1. The number of aromatic hydroxyl groups is 1. The molecule has 0 aliphatic heterocycles. The van der Waals surface area contributed by atoms with Crippen LogP contribution in [-0.4, -0.2) is 28.7 Å². The fraction of sp³-hybridized carbons (Fsp3) is 0.200. The Kier molecular flexibility index (Phi) is 10.3. The average molecular weight is 548 g/mol. The molecule has 0 heterocycles. The Balaban J connectivity index is 1.48. The number of benzene rings is 4. The molecule has 0 spiro atoms. The highest BCUT2D eigenvalue weighted by Gasteiger charge is 2.20. The number of amides is 1. The van der Waals surface area contributed by atoms with Crippen LogP contribution < -0.4 is 4.90 Å². The molecule has 0 radical (unpaired) electrons. The van der Waals surface area contributed by atoms with Gasteiger partial charge in [-0.3, -0.25) is 4.79 Å². The molecule has 41 heavy (non-hydrogen) atoms. The first-order valence-corrected chi connectivity index (χ1v) is 13.6. The number of carboxylic acid groups (broad SMARTS) is 1. The number of aryl methyl sites for hydroxylation is 1. The van der Waals surface area contributed by atoms with Crippen molar-refractivity contribution in [2.24, 2.45) is 0 Å². The number of hydrogen-bond donors (Lipinski definition) is 2. The number of ether oxygens (including phenoxy) is 1. The molecule has 0 atom stereocenters. The van der Waals surface area contributed by atoms with Gasteiger partial charge in [-0.05, 0) is 72.0 Å². The van der Waals surface area contributed by atoms with E-state index in [9.17, 15) is 19.8 Å². The molecule has 0 unspecified atom stereocenters. The van der Waals surface area contributed by atoms with Gasteiger partial charge in [0.15, 0.2) is 0 Å². The summed E-state index contributed by atoms with van der Waals surface area (Å²) in [5, 5.41) is 19.5. The summed E-state index contributed by atoms with van der Waals surface area (Å²) in [6, 6.07) is 29.5. The van der Waals surface area contributed by atoms with Crippen LogP contribution in [0.15, 0.2) is 97.1 Å². The van der Waals surface area contributed by atoms with Crippen molar-refractivity contribution in [3.63, 3.8) is 0 Å². The molecule has 4 aromatic rings. The van der Waals surface area contributed by atoms with E-state index in [1.165, 1.54) is 41.5 Å². The Morgan fingerprint density at radius 1 is 0.805 bits per heavy atom. The normalized spacial score (nSPS) is 10.5. The molecule has 0 fully saturated rings. The maximum atomic E-state index is 13.3. The van der Waals surface area contributed by atoms with Gasteiger partial charge in [0.05, 0.1) is 13.2 Å². The highest BCUT2D eigenvalue weighted by molar-refractivity contribution is 5.97. The number of nitrogens with zero attached hydrogens (tertiary/aromatic N) is 1. The van der Waals surface area contributed by atoms with E-state index in [-0.39, 0.29) is 37.0 Å². The smallest absolute Gasteiger partial charge is 0.339 e. The highest BCUT2D eigenvalue weighted by atomic mass is 16.5. The number of phenols is 1. The number of anilines is 1. The first-order chi connectivity index (χ1) is 19.9. The molecule has 0 bridgehead atoms. The summed E-state index contributed by atoms with van der Waals surface area (Å²) in [6.45, 7) is 2.44. The summed E-state index contributed by atoms with van der Waals surface area (Å²) >= 11 is 0. The minimum Gasteiger partial charge on any atom is -0.507 e. The Hall–Kier alpha value is -4.86. The van der Waals surface area contributed by atoms with Gasteiger partial charge in [-0.25, -0.2) is 4.79 Å². The van der Waals surface area contributed by atoms with E-state index in [0.717, 1.165) is 28.7 Å². The van der Waals surface area contributed by atoms with Crippen molar-refractivity contribution in [2.45, 2.75) is 39.3 Å². The number of unbranched alkanes of at least 4 members (excludes halogenated alkanes) is 1. The zero-order valence-electron chi connectivity index (χ0n) is 23.0. The third-order valence-corrected chi connectivity index (χ3v) is 6.58. The monoisotopic (exact) mass is 547 g/mol. The van der Waals surface area contributed by atoms with Gasteiger partial charge >= 0.3 is 5.97 Å². The van der Waals surface area contributed by atoms with E-state index in [0.29, 0.717) is 5.69 Å². The maximum Gasteiger partial charge on any atom is 0.339 e. The molecule has 0 aliphatic rings. The Labute approximate surface area is 240 Å². The van der Waals surface area contributed by atoms with Gasteiger partial charge in [0.1, 0.15) is 17.9 Å². The van der Waals surface area contributed by atoms with Crippen molar-refractivity contribution in [1.29, 1.82) is 0 Å². The van der Waals surface area contributed by atoms with E-state index in [2.05, 4.69) is 30.9 Å². The third kappa shape index (κ3) is 8.56. The highest BCUT2D eigenvalue weighted by Crippen LogP contribution is 2.26. The summed E-state index contributed by atoms with van der Waals surface area (Å²) in [5.41, 5.74) is 4.93. The molecule has 6 heteroatoms. The molecule has 6 nitrogen and oxygen atoms in total. The van der Waals surface area contributed by atoms with Crippen LogP contribution >= 0.6 is 0 Å². The second-order valence-corrected chi connectivity index (χ2v) is 9.71. The lowest BCUT2D eigenvalue weighted by molar-refractivity contribution is -0.123. The van der Waals surface area contributed by atoms with Gasteiger partial charge in [0.25, 0.3) is 5.91 Å². The van der Waals surface area contributed by atoms with Crippen LogP contribution in [0.3, 0.4) is 0 Å². The van der Waals surface area contributed by atoms with Crippen LogP contribution in [0.5, 0.6) is 5.75 Å². The quantitative estimate of drug-likeness (QED) is 0.207. The fourth-order valence-electron chi connectivity index (χ4n) is 4.25. The molecule has 0 aliphatic carbocycles. The lowest BCUT2D eigenvalue weighted by Gasteiger charge is -2.24. The molecule has 1 amide bonds. The van der Waals surface area contributed by atoms with E-state index in [1.807, 2.05) is 66.7 Å². The van der Waals surface area contributed by atoms with E-state index < -0.39 is 5.97 Å². The topological polar surface area (TPSA) is 87.1 Å². The molecule has 0 aromatic heterocycles. The van der Waals surface area contributed by atoms with E-state index >= 15 is 0 Å². The Bertz CT molecular complexity index is 1520. The van der Waals surface area contributed by atoms with Gasteiger partial charge in [0, 0.05) is 16.8 Å². The van der Waals surface area contributed by atoms with Gasteiger partial charge in [-0.1, -0.05) is 79.8 Å². The Morgan fingerprint density at radius 2 is 1.44 bits per heavy atom. The molecule has 0 saturated heterocycles. The second kappa shape index (κ2) is 14.5. The lowest BCUT2D eigenvalue weighted by atomic mass is 10.1. The molecule has 208 valence electrons. The number of carboxylic acids is 1. The molecule has 2 N–H and O–H groups in total. The third-order valence-electron chi connectivity index (χ3n) is 6.58. The van der Waals surface area contributed by atoms with E-state index in [1.54, 1.807) is 0 Å². The van der Waals surface area contributed by atoms with Crippen LogP contribution in [0.25, 0.3) is 0 Å². The standard InChI is InChI=1S/C35H33NO5/c1-2-3-7-26-10-12-27(13-11-26)14-15-28-16-18-29(19-17-28)23-36(31-20-21-33(37)32(22-31)35(39)40)34(38)25-41-24-30-8-5-4-6-9-30/h4-6,8-13,16-22,37H,2-3,7,23-25H2,1H3,(H,39,40). The molecule has 0 saturated carbocycles. The van der Waals surface area contributed by atoms with Gasteiger partial charge in [-0.2, -0.15) is 0 Å².